The molecule has 0 spiro atoms. The summed E-state index contributed by atoms with van der Waals surface area (Å²) in [6.45, 7) is 4.87. The monoisotopic (exact) mass is 234 g/mol. The summed E-state index contributed by atoms with van der Waals surface area (Å²) >= 11 is 0. The van der Waals surface area contributed by atoms with Crippen LogP contribution in [0, 0.1) is 0 Å². The van der Waals surface area contributed by atoms with Gasteiger partial charge in [-0.25, -0.2) is 0 Å². The number of hydrogen-bond donors (Lipinski definition) is 1. The van der Waals surface area contributed by atoms with E-state index in [9.17, 15) is 5.11 Å². The van der Waals surface area contributed by atoms with E-state index >= 15 is 0 Å². The average Bonchev–Trinajstić information content (AvgIpc) is 2.94. The molecule has 2 aromatic heterocycles. The Labute approximate surface area is 101 Å². The first-order valence-electron chi connectivity index (χ1n) is 5.89. The molecule has 1 N–H and O–H groups in total. The van der Waals surface area contributed by atoms with Crippen LogP contribution in [0.25, 0.3) is 0 Å². The standard InChI is InChI=1S/C12H18N4O/c1-4-10-6-11(15(3)14-10)12(17)9-7-13-16(5-2)8-9/h6-8,12,17H,4-5H2,1-3H3. The van der Waals surface area contributed by atoms with Crippen molar-refractivity contribution >= 4 is 0 Å². The Bertz CT molecular complexity index is 500. The predicted molar refractivity (Wildman–Crippen MR) is 64.5 cm³/mol. The van der Waals surface area contributed by atoms with Crippen LogP contribution in [0.4, 0.5) is 0 Å². The number of hydrogen-bond acceptors (Lipinski definition) is 3. The molecule has 1 atom stereocenters. The molecule has 0 fully saturated rings. The lowest BCUT2D eigenvalue weighted by molar-refractivity contribution is 0.209. The summed E-state index contributed by atoms with van der Waals surface area (Å²) in [6.07, 6.45) is 3.78. The Morgan fingerprint density at radius 3 is 2.71 bits per heavy atom. The topological polar surface area (TPSA) is 55.9 Å². The third-order valence-corrected chi connectivity index (χ3v) is 2.90. The minimum absolute atomic E-state index is 0.659. The van der Waals surface area contributed by atoms with Gasteiger partial charge in [-0.1, -0.05) is 6.92 Å². The number of aliphatic hydroxyl groups is 1. The third kappa shape index (κ3) is 2.24. The SMILES string of the molecule is CCc1cc(C(O)c2cnn(CC)c2)n(C)n1. The van der Waals surface area contributed by atoms with Crippen LogP contribution in [-0.2, 0) is 20.0 Å². The van der Waals surface area contributed by atoms with Gasteiger partial charge in [0, 0.05) is 25.4 Å². The Balaban J connectivity index is 2.29. The second-order valence-electron chi connectivity index (χ2n) is 4.07. The fraction of sp³-hybridized carbons (Fsp3) is 0.500. The first-order chi connectivity index (χ1) is 8.15. The zero-order chi connectivity index (χ0) is 12.4. The number of aromatic nitrogens is 4. The maximum Gasteiger partial charge on any atom is 0.124 e. The van der Waals surface area contributed by atoms with Crippen LogP contribution in [-0.4, -0.2) is 24.7 Å². The molecule has 0 bridgehead atoms. The van der Waals surface area contributed by atoms with Crippen molar-refractivity contribution < 1.29 is 5.11 Å². The molecule has 0 saturated heterocycles. The van der Waals surface area contributed by atoms with E-state index in [4.69, 9.17) is 0 Å². The summed E-state index contributed by atoms with van der Waals surface area (Å²) in [4.78, 5) is 0. The van der Waals surface area contributed by atoms with E-state index in [-0.39, 0.29) is 0 Å². The minimum atomic E-state index is -0.659. The predicted octanol–water partition coefficient (Wildman–Crippen LogP) is 1.28. The zero-order valence-electron chi connectivity index (χ0n) is 10.5. The van der Waals surface area contributed by atoms with Gasteiger partial charge in [-0.2, -0.15) is 10.2 Å². The second kappa shape index (κ2) is 4.71. The summed E-state index contributed by atoms with van der Waals surface area (Å²) in [5.74, 6) is 0. The van der Waals surface area contributed by atoms with E-state index in [0.29, 0.717) is 0 Å². The summed E-state index contributed by atoms with van der Waals surface area (Å²) in [6, 6.07) is 1.94. The minimum Gasteiger partial charge on any atom is -0.382 e. The lowest BCUT2D eigenvalue weighted by atomic mass is 10.1. The largest absolute Gasteiger partial charge is 0.382 e. The summed E-state index contributed by atoms with van der Waals surface area (Å²) in [5, 5.41) is 18.8. The lowest BCUT2D eigenvalue weighted by Crippen LogP contribution is -2.06. The summed E-state index contributed by atoms with van der Waals surface area (Å²) in [5.41, 5.74) is 2.60. The van der Waals surface area contributed by atoms with Crippen LogP contribution in [0.2, 0.25) is 0 Å². The van der Waals surface area contributed by atoms with Crippen LogP contribution in [0.3, 0.4) is 0 Å². The molecule has 0 aliphatic carbocycles. The van der Waals surface area contributed by atoms with Gasteiger partial charge in [0.15, 0.2) is 0 Å². The van der Waals surface area contributed by atoms with Gasteiger partial charge in [0.05, 0.1) is 17.6 Å². The van der Waals surface area contributed by atoms with Crippen LogP contribution in [0.1, 0.15) is 36.9 Å². The van der Waals surface area contributed by atoms with Crippen molar-refractivity contribution in [3.8, 4) is 0 Å². The maximum atomic E-state index is 10.3. The Kier molecular flexibility index (Phi) is 3.28. The molecule has 2 heterocycles. The molecule has 5 nitrogen and oxygen atoms in total. The molecular formula is C12H18N4O. The van der Waals surface area contributed by atoms with Crippen molar-refractivity contribution in [2.75, 3.05) is 0 Å². The molecule has 2 aromatic rings. The van der Waals surface area contributed by atoms with Gasteiger partial charge < -0.3 is 5.11 Å². The first kappa shape index (κ1) is 11.9. The number of aliphatic hydroxyl groups excluding tert-OH is 1. The highest BCUT2D eigenvalue weighted by Gasteiger charge is 2.17. The smallest absolute Gasteiger partial charge is 0.124 e. The van der Waals surface area contributed by atoms with Gasteiger partial charge in [0.25, 0.3) is 0 Å². The van der Waals surface area contributed by atoms with E-state index < -0.39 is 6.10 Å². The van der Waals surface area contributed by atoms with Crippen LogP contribution < -0.4 is 0 Å². The molecule has 0 aromatic carbocycles. The molecular weight excluding hydrogens is 216 g/mol. The molecule has 5 heteroatoms. The molecule has 2 rings (SSSR count). The molecule has 17 heavy (non-hydrogen) atoms. The maximum absolute atomic E-state index is 10.3. The van der Waals surface area contributed by atoms with Crippen molar-refractivity contribution in [1.82, 2.24) is 19.6 Å². The van der Waals surface area contributed by atoms with Gasteiger partial charge in [0.2, 0.25) is 0 Å². The molecule has 1 unspecified atom stereocenters. The van der Waals surface area contributed by atoms with Crippen molar-refractivity contribution in [3.05, 3.63) is 35.4 Å². The highest BCUT2D eigenvalue weighted by molar-refractivity contribution is 5.23. The van der Waals surface area contributed by atoms with Crippen LogP contribution in [0.15, 0.2) is 18.5 Å². The average molecular weight is 234 g/mol. The van der Waals surface area contributed by atoms with E-state index in [2.05, 4.69) is 10.2 Å². The summed E-state index contributed by atoms with van der Waals surface area (Å²) in [7, 11) is 1.85. The van der Waals surface area contributed by atoms with Crippen molar-refractivity contribution in [2.45, 2.75) is 32.9 Å². The zero-order valence-corrected chi connectivity index (χ0v) is 10.5. The normalized spacial score (nSPS) is 12.9. The Hall–Kier alpha value is -1.62. The number of rotatable bonds is 4. The number of aryl methyl sites for hydroxylation is 3. The van der Waals surface area contributed by atoms with E-state index in [0.717, 1.165) is 29.9 Å². The molecule has 0 amide bonds. The second-order valence-corrected chi connectivity index (χ2v) is 4.07. The third-order valence-electron chi connectivity index (χ3n) is 2.90. The molecule has 0 aliphatic rings. The first-order valence-corrected chi connectivity index (χ1v) is 5.89. The van der Waals surface area contributed by atoms with Crippen LogP contribution >= 0.6 is 0 Å². The van der Waals surface area contributed by atoms with Crippen molar-refractivity contribution in [1.29, 1.82) is 0 Å². The quantitative estimate of drug-likeness (QED) is 0.867. The van der Waals surface area contributed by atoms with Crippen molar-refractivity contribution in [3.63, 3.8) is 0 Å². The van der Waals surface area contributed by atoms with Crippen LogP contribution in [0.5, 0.6) is 0 Å². The van der Waals surface area contributed by atoms with E-state index in [1.54, 1.807) is 15.6 Å². The Morgan fingerprint density at radius 1 is 1.41 bits per heavy atom. The summed E-state index contributed by atoms with van der Waals surface area (Å²) < 4.78 is 3.53. The van der Waals surface area contributed by atoms with E-state index in [1.165, 1.54) is 0 Å². The van der Waals surface area contributed by atoms with Gasteiger partial charge in [-0.3, -0.25) is 9.36 Å². The van der Waals surface area contributed by atoms with Crippen molar-refractivity contribution in [2.24, 2.45) is 7.05 Å². The molecule has 0 aliphatic heterocycles. The van der Waals surface area contributed by atoms with E-state index in [1.807, 2.05) is 33.2 Å². The van der Waals surface area contributed by atoms with Gasteiger partial charge in [-0.15, -0.1) is 0 Å². The highest BCUT2D eigenvalue weighted by atomic mass is 16.3. The Morgan fingerprint density at radius 2 is 2.18 bits per heavy atom. The highest BCUT2D eigenvalue weighted by Crippen LogP contribution is 2.21. The van der Waals surface area contributed by atoms with Gasteiger partial charge in [0.1, 0.15) is 6.10 Å². The molecule has 92 valence electrons. The van der Waals surface area contributed by atoms with Gasteiger partial charge >= 0.3 is 0 Å². The molecule has 0 saturated carbocycles. The van der Waals surface area contributed by atoms with Gasteiger partial charge in [-0.05, 0) is 19.4 Å². The molecule has 0 radical (unpaired) electrons. The number of nitrogens with zero attached hydrogens (tertiary/aromatic N) is 4. The fourth-order valence-corrected chi connectivity index (χ4v) is 1.84. The fourth-order valence-electron chi connectivity index (χ4n) is 1.84. The lowest BCUT2D eigenvalue weighted by Gasteiger charge is -2.08.